The van der Waals surface area contributed by atoms with Gasteiger partial charge in [0.1, 0.15) is 5.69 Å². The van der Waals surface area contributed by atoms with Crippen molar-refractivity contribution in [3.63, 3.8) is 0 Å². The number of nitrogens with zero attached hydrogens (tertiary/aromatic N) is 3. The predicted molar refractivity (Wildman–Crippen MR) is 65.7 cm³/mol. The number of hydrogen-bond acceptors (Lipinski definition) is 4. The molecule has 1 aliphatic heterocycles. The summed E-state index contributed by atoms with van der Waals surface area (Å²) in [6.07, 6.45) is -4.66. The minimum Gasteiger partial charge on any atom is -0.258 e. The summed E-state index contributed by atoms with van der Waals surface area (Å²) in [6, 6.07) is 0.951. The van der Waals surface area contributed by atoms with Gasteiger partial charge in [-0.1, -0.05) is 23.4 Å². The van der Waals surface area contributed by atoms with Crippen molar-refractivity contribution in [1.82, 2.24) is 0 Å². The van der Waals surface area contributed by atoms with Crippen LogP contribution in [-0.2, 0) is 6.18 Å². The first-order chi connectivity index (χ1) is 8.88. The van der Waals surface area contributed by atoms with Crippen molar-refractivity contribution < 1.29 is 17.6 Å². The minimum atomic E-state index is -4.66. The Morgan fingerprint density at radius 1 is 1.26 bits per heavy atom. The Labute approximate surface area is 114 Å². The van der Waals surface area contributed by atoms with E-state index in [2.05, 4.69) is 15.2 Å². The highest BCUT2D eigenvalue weighted by Gasteiger charge is 2.32. The topological polar surface area (TPSA) is 37.1 Å². The standard InChI is InChI=1S/C10H6ClF4N3S/c11-6-3-5(10(13,14)15)4-7(12)8(6)17-18-9-16-1-2-19-9/h3-4H,1-2H2/b18-17+. The van der Waals surface area contributed by atoms with Gasteiger partial charge in [-0.15, -0.1) is 10.2 Å². The third-order valence-electron chi connectivity index (χ3n) is 2.15. The van der Waals surface area contributed by atoms with Gasteiger partial charge in [0.2, 0.25) is 5.17 Å². The van der Waals surface area contributed by atoms with Crippen LogP contribution in [0.3, 0.4) is 0 Å². The lowest BCUT2D eigenvalue weighted by Gasteiger charge is -2.08. The smallest absolute Gasteiger partial charge is 0.258 e. The fourth-order valence-electron chi connectivity index (χ4n) is 1.30. The second kappa shape index (κ2) is 5.46. The van der Waals surface area contributed by atoms with E-state index in [1.807, 2.05) is 0 Å². The maximum absolute atomic E-state index is 13.5. The van der Waals surface area contributed by atoms with Gasteiger partial charge in [0.05, 0.1) is 17.1 Å². The molecule has 0 radical (unpaired) electrons. The Hall–Kier alpha value is -1.15. The zero-order chi connectivity index (χ0) is 14.0. The molecule has 0 unspecified atom stereocenters. The lowest BCUT2D eigenvalue weighted by Crippen LogP contribution is -2.05. The number of halogens is 5. The molecule has 0 N–H and O–H groups in total. The highest BCUT2D eigenvalue weighted by Crippen LogP contribution is 2.37. The Morgan fingerprint density at radius 2 is 2.00 bits per heavy atom. The average Bonchev–Trinajstić information content (AvgIpc) is 2.79. The molecule has 1 aromatic carbocycles. The molecule has 0 fully saturated rings. The van der Waals surface area contributed by atoms with Gasteiger partial charge in [-0.3, -0.25) is 4.99 Å². The van der Waals surface area contributed by atoms with E-state index in [-0.39, 0.29) is 0 Å². The molecule has 0 aliphatic carbocycles. The molecule has 0 spiro atoms. The molecule has 102 valence electrons. The van der Waals surface area contributed by atoms with Crippen LogP contribution in [0.1, 0.15) is 5.56 Å². The summed E-state index contributed by atoms with van der Waals surface area (Å²) < 4.78 is 50.8. The highest BCUT2D eigenvalue weighted by molar-refractivity contribution is 8.14. The normalized spacial score (nSPS) is 16.2. The van der Waals surface area contributed by atoms with Crippen LogP contribution in [0.15, 0.2) is 27.4 Å². The van der Waals surface area contributed by atoms with Gasteiger partial charge >= 0.3 is 6.18 Å². The maximum atomic E-state index is 13.5. The van der Waals surface area contributed by atoms with Gasteiger partial charge in [-0.05, 0) is 12.1 Å². The first kappa shape index (κ1) is 14.3. The number of azo groups is 1. The quantitative estimate of drug-likeness (QED) is 0.548. The molecule has 19 heavy (non-hydrogen) atoms. The zero-order valence-corrected chi connectivity index (χ0v) is 10.8. The number of alkyl halides is 3. The van der Waals surface area contributed by atoms with Crippen molar-refractivity contribution in [1.29, 1.82) is 0 Å². The Balaban J connectivity index is 2.32. The predicted octanol–water partition coefficient (Wildman–Crippen LogP) is 4.68. The monoisotopic (exact) mass is 311 g/mol. The first-order valence-electron chi connectivity index (χ1n) is 5.03. The lowest BCUT2D eigenvalue weighted by molar-refractivity contribution is -0.137. The number of thioether (sulfide) groups is 1. The van der Waals surface area contributed by atoms with Gasteiger partial charge in [0.25, 0.3) is 0 Å². The van der Waals surface area contributed by atoms with Crippen LogP contribution in [0.4, 0.5) is 23.2 Å². The SMILES string of the molecule is Fc1cc(C(F)(F)F)cc(Cl)c1/N=N/C1=NCCS1. The zero-order valence-electron chi connectivity index (χ0n) is 9.21. The van der Waals surface area contributed by atoms with E-state index in [1.165, 1.54) is 11.8 Å². The second-order valence-electron chi connectivity index (χ2n) is 3.50. The fraction of sp³-hybridized carbons (Fsp3) is 0.300. The third kappa shape index (κ3) is 3.44. The summed E-state index contributed by atoms with van der Waals surface area (Å²) >= 11 is 6.91. The Morgan fingerprint density at radius 3 is 2.53 bits per heavy atom. The van der Waals surface area contributed by atoms with Crippen LogP contribution in [-0.4, -0.2) is 17.5 Å². The van der Waals surface area contributed by atoms with Crippen LogP contribution < -0.4 is 0 Å². The van der Waals surface area contributed by atoms with Crippen LogP contribution in [0, 0.1) is 5.82 Å². The maximum Gasteiger partial charge on any atom is 0.416 e. The molecule has 0 bridgehead atoms. The summed E-state index contributed by atoms with van der Waals surface area (Å²) in [4.78, 5) is 3.94. The first-order valence-corrected chi connectivity index (χ1v) is 6.39. The lowest BCUT2D eigenvalue weighted by atomic mass is 10.2. The minimum absolute atomic E-state index is 0.337. The summed E-state index contributed by atoms with van der Waals surface area (Å²) in [7, 11) is 0. The molecule has 1 aromatic rings. The molecular formula is C10H6ClF4N3S. The fourth-order valence-corrected chi connectivity index (χ4v) is 2.19. The number of aliphatic imine (C=N–C) groups is 1. The van der Waals surface area contributed by atoms with Crippen LogP contribution in [0.25, 0.3) is 0 Å². The van der Waals surface area contributed by atoms with E-state index >= 15 is 0 Å². The summed E-state index contributed by atoms with van der Waals surface area (Å²) in [5.41, 5.74) is -1.59. The van der Waals surface area contributed by atoms with Crippen molar-refractivity contribution in [3.05, 3.63) is 28.5 Å². The van der Waals surface area contributed by atoms with Crippen LogP contribution >= 0.6 is 23.4 Å². The van der Waals surface area contributed by atoms with Gasteiger partial charge in [0, 0.05) is 5.75 Å². The number of amidine groups is 1. The molecule has 0 aromatic heterocycles. The largest absolute Gasteiger partial charge is 0.416 e. The van der Waals surface area contributed by atoms with E-state index in [0.29, 0.717) is 23.8 Å². The number of hydrogen-bond donors (Lipinski definition) is 0. The van der Waals surface area contributed by atoms with E-state index in [4.69, 9.17) is 11.6 Å². The summed E-state index contributed by atoms with van der Waals surface area (Å²) in [5, 5.41) is 7.06. The van der Waals surface area contributed by atoms with E-state index in [9.17, 15) is 17.6 Å². The van der Waals surface area contributed by atoms with Gasteiger partial charge in [0.15, 0.2) is 5.82 Å². The Kier molecular flexibility index (Phi) is 4.10. The molecule has 0 saturated carbocycles. The van der Waals surface area contributed by atoms with Crippen molar-refractivity contribution in [2.45, 2.75) is 6.18 Å². The molecular weight excluding hydrogens is 306 g/mol. The average molecular weight is 312 g/mol. The van der Waals surface area contributed by atoms with Crippen LogP contribution in [0.2, 0.25) is 5.02 Å². The molecule has 0 atom stereocenters. The molecule has 2 rings (SSSR count). The van der Waals surface area contributed by atoms with E-state index < -0.39 is 28.3 Å². The van der Waals surface area contributed by atoms with Crippen molar-refractivity contribution in [2.24, 2.45) is 15.2 Å². The second-order valence-corrected chi connectivity index (χ2v) is 4.97. The van der Waals surface area contributed by atoms with E-state index in [1.54, 1.807) is 0 Å². The number of benzene rings is 1. The van der Waals surface area contributed by atoms with Gasteiger partial charge in [-0.2, -0.15) is 13.2 Å². The van der Waals surface area contributed by atoms with Gasteiger partial charge < -0.3 is 0 Å². The molecule has 3 nitrogen and oxygen atoms in total. The number of rotatable bonds is 1. The van der Waals surface area contributed by atoms with Crippen molar-refractivity contribution in [3.8, 4) is 0 Å². The van der Waals surface area contributed by atoms with Crippen molar-refractivity contribution in [2.75, 3.05) is 12.3 Å². The van der Waals surface area contributed by atoms with Gasteiger partial charge in [-0.25, -0.2) is 4.39 Å². The molecule has 0 saturated heterocycles. The molecule has 1 heterocycles. The summed E-state index contributed by atoms with van der Waals surface area (Å²) in [6.45, 7) is 0.586. The van der Waals surface area contributed by atoms with Crippen molar-refractivity contribution >= 4 is 34.2 Å². The summed E-state index contributed by atoms with van der Waals surface area (Å²) in [5.74, 6) is -0.426. The molecule has 0 amide bonds. The van der Waals surface area contributed by atoms with E-state index in [0.717, 1.165) is 5.75 Å². The highest BCUT2D eigenvalue weighted by atomic mass is 35.5. The Bertz CT molecular complexity index is 533. The van der Waals surface area contributed by atoms with Crippen LogP contribution in [0.5, 0.6) is 0 Å². The molecule has 1 aliphatic rings. The third-order valence-corrected chi connectivity index (χ3v) is 3.29. The molecule has 9 heteroatoms.